The van der Waals surface area contributed by atoms with E-state index in [0.717, 1.165) is 22.4 Å². The van der Waals surface area contributed by atoms with Gasteiger partial charge in [0, 0.05) is 11.7 Å². The molecule has 0 saturated heterocycles. The van der Waals surface area contributed by atoms with Crippen LogP contribution in [0.1, 0.15) is 39.3 Å². The van der Waals surface area contributed by atoms with Crippen molar-refractivity contribution in [2.24, 2.45) is 5.92 Å². The predicted octanol–water partition coefficient (Wildman–Crippen LogP) is 3.89. The highest BCUT2D eigenvalue weighted by Gasteiger charge is 2.18. The molecule has 0 aliphatic heterocycles. The topological polar surface area (TPSA) is 87.9 Å². The maximum Gasteiger partial charge on any atom is 0.227 e. The number of imidazole rings is 1. The summed E-state index contributed by atoms with van der Waals surface area (Å²) in [7, 11) is 0. The minimum Gasteiger partial charge on any atom is -0.394 e. The molecule has 3 aromatic rings. The number of aliphatic hydroxyl groups is 1. The van der Waals surface area contributed by atoms with Crippen LogP contribution in [0.5, 0.6) is 0 Å². The molecule has 3 rings (SSSR count). The van der Waals surface area contributed by atoms with Crippen molar-refractivity contribution in [3.05, 3.63) is 36.2 Å². The molecule has 7 heteroatoms. The second-order valence-electron chi connectivity index (χ2n) is 7.49. The number of anilines is 3. The summed E-state index contributed by atoms with van der Waals surface area (Å²) >= 11 is 0. The van der Waals surface area contributed by atoms with E-state index in [9.17, 15) is 5.11 Å². The number of aliphatic hydroxyl groups excluding tert-OH is 1. The number of aryl methyl sites for hydroxylation is 1. The zero-order chi connectivity index (χ0) is 19.6. The predicted molar refractivity (Wildman–Crippen MR) is 110 cm³/mol. The van der Waals surface area contributed by atoms with E-state index >= 15 is 0 Å². The van der Waals surface area contributed by atoms with Gasteiger partial charge in [0.05, 0.1) is 19.0 Å². The number of nitrogens with zero attached hydrogens (tertiary/aromatic N) is 4. The molecule has 27 heavy (non-hydrogen) atoms. The van der Waals surface area contributed by atoms with E-state index in [1.165, 1.54) is 0 Å². The lowest BCUT2D eigenvalue weighted by molar-refractivity contribution is 0.248. The van der Waals surface area contributed by atoms with Crippen LogP contribution < -0.4 is 10.6 Å². The van der Waals surface area contributed by atoms with Gasteiger partial charge in [-0.15, -0.1) is 0 Å². The Bertz CT molecular complexity index is 918. The fraction of sp³-hybridized carbons (Fsp3) is 0.450. The molecular weight excluding hydrogens is 340 g/mol. The number of rotatable bonds is 7. The minimum absolute atomic E-state index is 0.0170. The van der Waals surface area contributed by atoms with Crippen LogP contribution in [0.2, 0.25) is 0 Å². The van der Waals surface area contributed by atoms with Gasteiger partial charge in [-0.25, -0.2) is 4.98 Å². The molecule has 144 valence electrons. The maximum atomic E-state index is 9.66. The van der Waals surface area contributed by atoms with Crippen LogP contribution in [0.15, 0.2) is 30.6 Å². The lowest BCUT2D eigenvalue weighted by Crippen LogP contribution is -2.30. The Hall–Kier alpha value is -2.67. The molecule has 0 spiro atoms. The third kappa shape index (κ3) is 4.19. The molecular formula is C20H28N6O. The van der Waals surface area contributed by atoms with Gasteiger partial charge >= 0.3 is 0 Å². The molecule has 2 heterocycles. The third-order valence-electron chi connectivity index (χ3n) is 4.57. The van der Waals surface area contributed by atoms with Crippen LogP contribution in [-0.2, 0) is 0 Å². The summed E-state index contributed by atoms with van der Waals surface area (Å²) in [4.78, 5) is 13.9. The molecule has 1 aromatic carbocycles. The molecule has 0 saturated carbocycles. The van der Waals surface area contributed by atoms with Gasteiger partial charge in [-0.05, 0) is 44.4 Å². The zero-order valence-electron chi connectivity index (χ0n) is 16.6. The normalized spacial score (nSPS) is 12.7. The number of aromatic nitrogens is 4. The summed E-state index contributed by atoms with van der Waals surface area (Å²) in [6.45, 7) is 10.4. The summed E-state index contributed by atoms with van der Waals surface area (Å²) in [6, 6.07) is 8.22. The lowest BCUT2D eigenvalue weighted by Gasteiger charge is -2.20. The maximum absolute atomic E-state index is 9.66. The smallest absolute Gasteiger partial charge is 0.227 e. The van der Waals surface area contributed by atoms with E-state index in [4.69, 9.17) is 0 Å². The summed E-state index contributed by atoms with van der Waals surface area (Å²) in [6.07, 6.45) is 1.79. The van der Waals surface area contributed by atoms with Crippen molar-refractivity contribution < 1.29 is 5.11 Å². The second kappa shape index (κ2) is 7.92. The SMILES string of the molecule is Cc1cccc(Nc2nc(N[C@@H](CO)C(C)C)nc3c2ncn3C(C)C)c1. The average Bonchev–Trinajstić information content (AvgIpc) is 3.04. The number of fused-ring (bicyclic) bond motifs is 1. The molecule has 1 atom stereocenters. The number of hydrogen-bond acceptors (Lipinski definition) is 6. The van der Waals surface area contributed by atoms with Crippen LogP contribution >= 0.6 is 0 Å². The Morgan fingerprint density at radius 2 is 1.93 bits per heavy atom. The van der Waals surface area contributed by atoms with Crippen molar-refractivity contribution in [1.29, 1.82) is 0 Å². The molecule has 3 N–H and O–H groups in total. The zero-order valence-corrected chi connectivity index (χ0v) is 16.6. The number of nitrogens with one attached hydrogen (secondary N) is 2. The molecule has 0 bridgehead atoms. The van der Waals surface area contributed by atoms with E-state index in [0.29, 0.717) is 11.8 Å². The minimum atomic E-state index is -0.121. The molecule has 0 amide bonds. The highest BCUT2D eigenvalue weighted by molar-refractivity contribution is 5.86. The van der Waals surface area contributed by atoms with Crippen molar-refractivity contribution in [2.75, 3.05) is 17.2 Å². The molecule has 0 aliphatic rings. The van der Waals surface area contributed by atoms with Crippen molar-refractivity contribution in [1.82, 2.24) is 19.5 Å². The molecule has 0 radical (unpaired) electrons. The van der Waals surface area contributed by atoms with Crippen molar-refractivity contribution in [3.8, 4) is 0 Å². The van der Waals surface area contributed by atoms with Gasteiger partial charge in [0.2, 0.25) is 5.95 Å². The van der Waals surface area contributed by atoms with Crippen LogP contribution in [0.25, 0.3) is 11.2 Å². The monoisotopic (exact) mass is 368 g/mol. The molecule has 2 aromatic heterocycles. The fourth-order valence-electron chi connectivity index (χ4n) is 2.89. The van der Waals surface area contributed by atoms with E-state index in [1.54, 1.807) is 6.33 Å². The van der Waals surface area contributed by atoms with Crippen molar-refractivity contribution in [3.63, 3.8) is 0 Å². The van der Waals surface area contributed by atoms with Crippen LogP contribution in [0.4, 0.5) is 17.5 Å². The Morgan fingerprint density at radius 3 is 2.56 bits per heavy atom. The first-order chi connectivity index (χ1) is 12.9. The molecule has 0 fully saturated rings. The summed E-state index contributed by atoms with van der Waals surface area (Å²) in [5.74, 6) is 1.37. The van der Waals surface area contributed by atoms with E-state index in [1.807, 2.05) is 16.7 Å². The van der Waals surface area contributed by atoms with Gasteiger partial charge in [0.1, 0.15) is 0 Å². The van der Waals surface area contributed by atoms with Crippen LogP contribution in [-0.4, -0.2) is 37.3 Å². The van der Waals surface area contributed by atoms with Crippen molar-refractivity contribution in [2.45, 2.75) is 46.7 Å². The standard InChI is InChI=1S/C20H28N6O/c1-12(2)16(10-27)23-20-24-18(22-15-8-6-7-14(5)9-15)17-19(25-20)26(11-21-17)13(3)4/h6-9,11-13,16,27H,10H2,1-5H3,(H2,22,23,24,25)/t16-/m0/s1. The van der Waals surface area contributed by atoms with E-state index in [2.05, 4.69) is 72.3 Å². The first-order valence-corrected chi connectivity index (χ1v) is 9.34. The average molecular weight is 368 g/mol. The van der Waals surface area contributed by atoms with E-state index < -0.39 is 0 Å². The van der Waals surface area contributed by atoms with Gasteiger partial charge < -0.3 is 20.3 Å². The molecule has 7 nitrogen and oxygen atoms in total. The van der Waals surface area contributed by atoms with Gasteiger partial charge in [0.15, 0.2) is 17.0 Å². The Morgan fingerprint density at radius 1 is 1.15 bits per heavy atom. The number of hydrogen-bond donors (Lipinski definition) is 3. The van der Waals surface area contributed by atoms with E-state index in [-0.39, 0.29) is 24.6 Å². The number of benzene rings is 1. The van der Waals surface area contributed by atoms with Crippen molar-refractivity contribution >= 4 is 28.6 Å². The van der Waals surface area contributed by atoms with Gasteiger partial charge in [0.25, 0.3) is 0 Å². The summed E-state index contributed by atoms with van der Waals surface area (Å²) in [5.41, 5.74) is 3.60. The van der Waals surface area contributed by atoms with Gasteiger partial charge in [-0.1, -0.05) is 26.0 Å². The fourth-order valence-corrected chi connectivity index (χ4v) is 2.89. The summed E-state index contributed by atoms with van der Waals surface area (Å²) in [5, 5.41) is 16.3. The van der Waals surface area contributed by atoms with Crippen LogP contribution in [0, 0.1) is 12.8 Å². The first kappa shape index (κ1) is 19.1. The largest absolute Gasteiger partial charge is 0.394 e. The molecule has 0 unspecified atom stereocenters. The van der Waals surface area contributed by atoms with Gasteiger partial charge in [-0.2, -0.15) is 9.97 Å². The quantitative estimate of drug-likeness (QED) is 0.586. The first-order valence-electron chi connectivity index (χ1n) is 9.34. The molecule has 0 aliphatic carbocycles. The lowest BCUT2D eigenvalue weighted by atomic mass is 10.1. The van der Waals surface area contributed by atoms with Crippen LogP contribution in [0.3, 0.4) is 0 Å². The Labute approximate surface area is 159 Å². The highest BCUT2D eigenvalue weighted by atomic mass is 16.3. The Kier molecular flexibility index (Phi) is 5.60. The summed E-state index contributed by atoms with van der Waals surface area (Å²) < 4.78 is 2.02. The van der Waals surface area contributed by atoms with Gasteiger partial charge in [-0.3, -0.25) is 0 Å². The highest BCUT2D eigenvalue weighted by Crippen LogP contribution is 2.26. The second-order valence-corrected chi connectivity index (χ2v) is 7.49. The third-order valence-corrected chi connectivity index (χ3v) is 4.57. The Balaban J connectivity index is 2.07.